The van der Waals surface area contributed by atoms with Crippen LogP contribution in [0.3, 0.4) is 0 Å². The zero-order valence-corrected chi connectivity index (χ0v) is 18.2. The first kappa shape index (κ1) is 20.2. The molecule has 3 aromatic rings. The third kappa shape index (κ3) is 3.59. The van der Waals surface area contributed by atoms with Gasteiger partial charge < -0.3 is 15.1 Å². The van der Waals surface area contributed by atoms with Gasteiger partial charge in [-0.15, -0.1) is 0 Å². The average Bonchev–Trinajstić information content (AvgIpc) is 2.82. The number of fused-ring (bicyclic) bond motifs is 4. The first-order chi connectivity index (χ1) is 15.7. The summed E-state index contributed by atoms with van der Waals surface area (Å²) in [5.41, 5.74) is 11.2. The van der Waals surface area contributed by atoms with Crippen molar-refractivity contribution in [2.45, 2.75) is 13.8 Å². The molecule has 0 unspecified atom stereocenters. The van der Waals surface area contributed by atoms with Crippen LogP contribution in [0.4, 0.5) is 11.4 Å². The zero-order valence-electron chi connectivity index (χ0n) is 18.2. The van der Waals surface area contributed by atoms with E-state index < -0.39 is 0 Å². The molecule has 0 amide bonds. The Morgan fingerprint density at radius 3 is 2.66 bits per heavy atom. The molecule has 2 aliphatic rings. The second kappa shape index (κ2) is 8.40. The van der Waals surface area contributed by atoms with Gasteiger partial charge in [-0.25, -0.2) is 9.98 Å². The third-order valence-corrected chi connectivity index (χ3v) is 5.69. The Kier molecular flexibility index (Phi) is 5.29. The maximum atomic E-state index is 6.43. The van der Waals surface area contributed by atoms with Crippen molar-refractivity contribution in [2.24, 2.45) is 10.7 Å². The summed E-state index contributed by atoms with van der Waals surface area (Å²) in [6.07, 6.45) is 3.49. The van der Waals surface area contributed by atoms with Crippen molar-refractivity contribution >= 4 is 33.2 Å². The summed E-state index contributed by atoms with van der Waals surface area (Å²) in [6.45, 7) is 6.47. The minimum atomic E-state index is 0.600. The summed E-state index contributed by atoms with van der Waals surface area (Å²) in [7, 11) is 0. The van der Waals surface area contributed by atoms with Gasteiger partial charge >= 0.3 is 0 Å². The van der Waals surface area contributed by atoms with Crippen LogP contribution in [0.5, 0.6) is 0 Å². The number of benzene rings is 3. The molecule has 1 aliphatic carbocycles. The predicted molar refractivity (Wildman–Crippen MR) is 129 cm³/mol. The van der Waals surface area contributed by atoms with E-state index in [-0.39, 0.29) is 0 Å². The van der Waals surface area contributed by atoms with Gasteiger partial charge in [0, 0.05) is 54.4 Å². The number of nitrogens with two attached hydrogens (primary N) is 1. The van der Waals surface area contributed by atoms with Crippen LogP contribution >= 0.6 is 0 Å². The first-order valence-corrected chi connectivity index (χ1v) is 10.8. The fourth-order valence-electron chi connectivity index (χ4n) is 4.15. The van der Waals surface area contributed by atoms with E-state index in [0.29, 0.717) is 12.3 Å². The van der Waals surface area contributed by atoms with E-state index in [0.717, 1.165) is 63.0 Å². The SMILES string of the molecule is CCN(CCN)c1cc(C)c2nc3c4ccccc4/c(=N\c4cccnc4)cc-3oc2c1. The second-order valence-electron chi connectivity index (χ2n) is 7.80. The van der Waals surface area contributed by atoms with Crippen LogP contribution in [0.1, 0.15) is 12.5 Å². The van der Waals surface area contributed by atoms with Gasteiger partial charge in [0.05, 0.1) is 17.2 Å². The molecule has 0 atom stereocenters. The van der Waals surface area contributed by atoms with Gasteiger partial charge in [-0.2, -0.15) is 0 Å². The van der Waals surface area contributed by atoms with Crippen LogP contribution in [-0.4, -0.2) is 29.6 Å². The van der Waals surface area contributed by atoms with Crippen LogP contribution in [0.2, 0.25) is 0 Å². The van der Waals surface area contributed by atoms with Crippen LogP contribution in [0.15, 0.2) is 76.4 Å². The van der Waals surface area contributed by atoms with Crippen molar-refractivity contribution in [3.8, 4) is 11.5 Å². The molecule has 2 heterocycles. The van der Waals surface area contributed by atoms with Crippen molar-refractivity contribution < 1.29 is 4.42 Å². The van der Waals surface area contributed by atoms with Gasteiger partial charge in [-0.3, -0.25) is 4.98 Å². The Morgan fingerprint density at radius 2 is 1.91 bits per heavy atom. The van der Waals surface area contributed by atoms with E-state index in [1.165, 1.54) is 0 Å². The van der Waals surface area contributed by atoms with E-state index in [2.05, 4.69) is 48.0 Å². The molecule has 1 aromatic heterocycles. The summed E-state index contributed by atoms with van der Waals surface area (Å²) in [4.78, 5) is 16.3. The van der Waals surface area contributed by atoms with Crippen LogP contribution in [0, 0.1) is 6.92 Å². The Morgan fingerprint density at radius 1 is 1.06 bits per heavy atom. The molecular formula is C26H25N5O. The Balaban J connectivity index is 1.80. The highest BCUT2D eigenvalue weighted by molar-refractivity contribution is 5.97. The summed E-state index contributed by atoms with van der Waals surface area (Å²) >= 11 is 0. The molecule has 2 N–H and O–H groups in total. The lowest BCUT2D eigenvalue weighted by molar-refractivity contribution is 0.613. The topological polar surface area (TPSA) is 80.5 Å². The predicted octanol–water partition coefficient (Wildman–Crippen LogP) is 4.81. The molecule has 6 heteroatoms. The number of aryl methyl sites for hydroxylation is 1. The number of hydrogen-bond acceptors (Lipinski definition) is 6. The fourth-order valence-corrected chi connectivity index (χ4v) is 4.15. The number of pyridine rings is 1. The van der Waals surface area contributed by atoms with E-state index in [1.807, 2.05) is 30.3 Å². The Hall–Kier alpha value is -3.77. The molecule has 0 bridgehead atoms. The smallest absolute Gasteiger partial charge is 0.155 e. The quantitative estimate of drug-likeness (QED) is 0.324. The van der Waals surface area contributed by atoms with Crippen LogP contribution in [-0.2, 0) is 0 Å². The molecule has 0 radical (unpaired) electrons. The Labute approximate surface area is 186 Å². The maximum Gasteiger partial charge on any atom is 0.155 e. The van der Waals surface area contributed by atoms with Crippen LogP contribution < -0.4 is 16.0 Å². The minimum absolute atomic E-state index is 0.600. The number of rotatable bonds is 5. The molecule has 160 valence electrons. The molecule has 0 spiro atoms. The normalized spacial score (nSPS) is 12.2. The molecule has 0 fully saturated rings. The molecular weight excluding hydrogens is 398 g/mol. The highest BCUT2D eigenvalue weighted by Gasteiger charge is 2.17. The van der Waals surface area contributed by atoms with Crippen molar-refractivity contribution in [3.05, 3.63) is 77.9 Å². The maximum absolute atomic E-state index is 6.43. The summed E-state index contributed by atoms with van der Waals surface area (Å²) in [5, 5.41) is 2.87. The fraction of sp³-hybridized carbons (Fsp3) is 0.192. The van der Waals surface area contributed by atoms with Gasteiger partial charge in [0.2, 0.25) is 0 Å². The lowest BCUT2D eigenvalue weighted by Crippen LogP contribution is -2.29. The molecule has 2 aromatic carbocycles. The van der Waals surface area contributed by atoms with Crippen molar-refractivity contribution in [1.82, 2.24) is 9.97 Å². The number of aromatic nitrogens is 2. The summed E-state index contributed by atoms with van der Waals surface area (Å²) in [6, 6.07) is 18.2. The molecule has 1 aliphatic heterocycles. The van der Waals surface area contributed by atoms with E-state index in [1.54, 1.807) is 12.4 Å². The zero-order chi connectivity index (χ0) is 22.1. The molecule has 0 saturated heterocycles. The monoisotopic (exact) mass is 423 g/mol. The van der Waals surface area contributed by atoms with E-state index >= 15 is 0 Å². The van der Waals surface area contributed by atoms with E-state index in [9.17, 15) is 0 Å². The van der Waals surface area contributed by atoms with Gasteiger partial charge in [0.15, 0.2) is 11.3 Å². The third-order valence-electron chi connectivity index (χ3n) is 5.69. The van der Waals surface area contributed by atoms with Gasteiger partial charge in [0.1, 0.15) is 11.2 Å². The van der Waals surface area contributed by atoms with Gasteiger partial charge in [-0.1, -0.05) is 24.3 Å². The van der Waals surface area contributed by atoms with E-state index in [4.69, 9.17) is 20.1 Å². The molecule has 32 heavy (non-hydrogen) atoms. The van der Waals surface area contributed by atoms with Crippen molar-refractivity contribution in [1.29, 1.82) is 0 Å². The number of hydrogen-bond donors (Lipinski definition) is 1. The Bertz CT molecular complexity index is 1440. The standard InChI is InChI=1S/C26H25N5O/c1-3-31(12-10-27)19-13-17(2)25-23(14-19)32-24-15-22(29-18-7-6-11-28-16-18)20-8-4-5-9-21(20)26(24)30-25/h4-9,11,13-16H,3,10,12,27H2,1-2H3/b29-22-. The molecule has 5 rings (SSSR count). The second-order valence-corrected chi connectivity index (χ2v) is 7.80. The van der Waals surface area contributed by atoms with Crippen LogP contribution in [0.25, 0.3) is 33.3 Å². The van der Waals surface area contributed by atoms with Crippen molar-refractivity contribution in [2.75, 3.05) is 24.5 Å². The lowest BCUT2D eigenvalue weighted by Gasteiger charge is -2.23. The highest BCUT2D eigenvalue weighted by atomic mass is 16.3. The molecule has 6 nitrogen and oxygen atoms in total. The first-order valence-electron chi connectivity index (χ1n) is 10.8. The molecule has 0 saturated carbocycles. The number of nitrogens with zero attached hydrogens (tertiary/aromatic N) is 4. The summed E-state index contributed by atoms with van der Waals surface area (Å²) in [5.74, 6) is 0.706. The summed E-state index contributed by atoms with van der Waals surface area (Å²) < 4.78 is 6.43. The minimum Gasteiger partial charge on any atom is -0.453 e. The highest BCUT2D eigenvalue weighted by Crippen LogP contribution is 2.33. The number of likely N-dealkylation sites (N-methyl/N-ethyl adjacent to an activating group) is 1. The largest absolute Gasteiger partial charge is 0.453 e. The van der Waals surface area contributed by atoms with Gasteiger partial charge in [-0.05, 0) is 37.6 Å². The lowest BCUT2D eigenvalue weighted by atomic mass is 10.0. The number of anilines is 1. The van der Waals surface area contributed by atoms with Crippen molar-refractivity contribution in [3.63, 3.8) is 0 Å². The average molecular weight is 424 g/mol. The van der Waals surface area contributed by atoms with Gasteiger partial charge in [0.25, 0.3) is 0 Å².